The molecule has 9 nitrogen and oxygen atoms in total. The van der Waals surface area contributed by atoms with Crippen molar-refractivity contribution in [2.24, 2.45) is 0 Å². The molecule has 1 amide bonds. The quantitative estimate of drug-likeness (QED) is 0.334. The van der Waals surface area contributed by atoms with E-state index in [1.165, 1.54) is 6.92 Å². The van der Waals surface area contributed by atoms with Crippen LogP contribution in [-0.2, 0) is 29.8 Å². The van der Waals surface area contributed by atoms with E-state index in [1.54, 1.807) is 30.3 Å². The molecule has 0 heterocycles. The minimum Gasteiger partial charge on any atom is -0.480 e. The normalized spacial score (nSPS) is 15.7. The molecule has 0 saturated heterocycles. The van der Waals surface area contributed by atoms with E-state index in [9.17, 15) is 24.2 Å². The van der Waals surface area contributed by atoms with Crippen LogP contribution in [0.15, 0.2) is 78.9 Å². The third-order valence-corrected chi connectivity index (χ3v) is 6.94. The largest absolute Gasteiger partial charge is 0.480 e. The number of carbonyl (C=O) groups excluding carboxylic acids is 1. The van der Waals surface area contributed by atoms with Crippen LogP contribution in [-0.4, -0.2) is 40.8 Å². The van der Waals surface area contributed by atoms with Crippen molar-refractivity contribution < 1.29 is 37.9 Å². The predicted octanol–water partition coefficient (Wildman–Crippen LogP) is 4.70. The van der Waals surface area contributed by atoms with Crippen LogP contribution >= 0.6 is 7.82 Å². The van der Waals surface area contributed by atoms with Gasteiger partial charge in [0.1, 0.15) is 6.61 Å². The molecule has 0 saturated carbocycles. The van der Waals surface area contributed by atoms with Crippen LogP contribution in [0, 0.1) is 0 Å². The first-order valence-corrected chi connectivity index (χ1v) is 12.8. The lowest BCUT2D eigenvalue weighted by molar-refractivity contribution is -0.141. The number of rotatable bonds is 10. The Morgan fingerprint density at radius 3 is 2.08 bits per heavy atom. The number of carboxylic acids is 1. The van der Waals surface area contributed by atoms with Crippen LogP contribution in [0.25, 0.3) is 11.1 Å². The molecule has 0 aromatic heterocycles. The van der Waals surface area contributed by atoms with Gasteiger partial charge in [-0.1, -0.05) is 78.9 Å². The Morgan fingerprint density at radius 2 is 1.50 bits per heavy atom. The number of amides is 1. The standard InChI is InChI=1S/C26H26NO8P/c1-17(35-36(31,32)34-15-18-9-3-2-4-10-18)24(25(28)29)27-26(30)33-16-23-21-13-7-5-11-19(21)20-12-6-8-14-22(20)23/h2-14,17,23-24H,15-16H2,1H3,(H,27,30)(H,28,29)(H,31,32)/t17-,24-/m1/s1. The van der Waals surface area contributed by atoms with Crippen molar-refractivity contribution >= 4 is 19.9 Å². The maximum absolute atomic E-state index is 12.5. The van der Waals surface area contributed by atoms with Crippen LogP contribution in [0.2, 0.25) is 0 Å². The summed E-state index contributed by atoms with van der Waals surface area (Å²) in [5.74, 6) is -1.66. The van der Waals surface area contributed by atoms with Gasteiger partial charge >= 0.3 is 19.9 Å². The van der Waals surface area contributed by atoms with Gasteiger partial charge in [0.05, 0.1) is 12.7 Å². The van der Waals surface area contributed by atoms with Gasteiger partial charge < -0.3 is 20.1 Å². The van der Waals surface area contributed by atoms with Gasteiger partial charge in [0.25, 0.3) is 0 Å². The lowest BCUT2D eigenvalue weighted by Crippen LogP contribution is -2.48. The smallest absolute Gasteiger partial charge is 0.472 e. The van der Waals surface area contributed by atoms with Gasteiger partial charge in [0.15, 0.2) is 6.04 Å². The fraction of sp³-hybridized carbons (Fsp3) is 0.231. The Labute approximate surface area is 208 Å². The molecule has 1 aliphatic carbocycles. The predicted molar refractivity (Wildman–Crippen MR) is 131 cm³/mol. The Bertz CT molecular complexity index is 1240. The average molecular weight is 511 g/mol. The molecule has 0 bridgehead atoms. The lowest BCUT2D eigenvalue weighted by atomic mass is 9.98. The first kappa shape index (κ1) is 25.6. The Balaban J connectivity index is 1.35. The summed E-state index contributed by atoms with van der Waals surface area (Å²) >= 11 is 0. The van der Waals surface area contributed by atoms with Gasteiger partial charge in [0, 0.05) is 5.92 Å². The van der Waals surface area contributed by atoms with E-state index in [0.29, 0.717) is 5.56 Å². The number of nitrogens with one attached hydrogen (secondary N) is 1. The van der Waals surface area contributed by atoms with Gasteiger partial charge in [-0.15, -0.1) is 0 Å². The molecule has 3 N–H and O–H groups in total. The number of ether oxygens (including phenoxy) is 1. The number of carboxylic acid groups (broad SMARTS) is 1. The molecule has 3 aromatic rings. The van der Waals surface area contributed by atoms with Crippen molar-refractivity contribution in [2.75, 3.05) is 6.61 Å². The monoisotopic (exact) mass is 511 g/mol. The highest BCUT2D eigenvalue weighted by molar-refractivity contribution is 7.47. The van der Waals surface area contributed by atoms with Crippen molar-refractivity contribution in [3.8, 4) is 11.1 Å². The number of phosphoric ester groups is 1. The highest BCUT2D eigenvalue weighted by Crippen LogP contribution is 2.46. The fourth-order valence-electron chi connectivity index (χ4n) is 4.18. The summed E-state index contributed by atoms with van der Waals surface area (Å²) in [5.41, 5.74) is 4.77. The second-order valence-electron chi connectivity index (χ2n) is 8.32. The van der Waals surface area contributed by atoms with E-state index in [4.69, 9.17) is 13.8 Å². The summed E-state index contributed by atoms with van der Waals surface area (Å²) in [4.78, 5) is 34.3. The molecular weight excluding hydrogens is 485 g/mol. The van der Waals surface area contributed by atoms with E-state index < -0.39 is 32.0 Å². The number of fused-ring (bicyclic) bond motifs is 3. The topological polar surface area (TPSA) is 131 Å². The molecule has 4 rings (SSSR count). The number of aliphatic carboxylic acids is 1. The highest BCUT2D eigenvalue weighted by atomic mass is 31.2. The number of hydrogen-bond donors (Lipinski definition) is 3. The molecule has 0 spiro atoms. The van der Waals surface area contributed by atoms with Crippen LogP contribution in [0.1, 0.15) is 29.5 Å². The number of benzene rings is 3. The first-order chi connectivity index (χ1) is 17.2. The molecular formula is C26H26NO8P. The lowest BCUT2D eigenvalue weighted by Gasteiger charge is -2.24. The Morgan fingerprint density at radius 1 is 0.944 bits per heavy atom. The van der Waals surface area contributed by atoms with Gasteiger partial charge in [-0.2, -0.15) is 0 Å². The maximum atomic E-state index is 12.5. The Kier molecular flexibility index (Phi) is 7.86. The molecule has 0 aliphatic heterocycles. The van der Waals surface area contributed by atoms with Crippen LogP contribution in [0.3, 0.4) is 0 Å². The minimum atomic E-state index is -4.61. The molecule has 3 atom stereocenters. The summed E-state index contributed by atoms with van der Waals surface area (Å²) < 4.78 is 27.6. The van der Waals surface area contributed by atoms with E-state index in [1.807, 2.05) is 48.5 Å². The number of carbonyl (C=O) groups is 2. The van der Waals surface area contributed by atoms with Crippen molar-refractivity contribution in [3.63, 3.8) is 0 Å². The number of alkyl carbamates (subject to hydrolysis) is 1. The van der Waals surface area contributed by atoms with Gasteiger partial charge in [-0.3, -0.25) is 9.05 Å². The molecule has 1 unspecified atom stereocenters. The van der Waals surface area contributed by atoms with Crippen LogP contribution < -0.4 is 5.32 Å². The SMILES string of the molecule is C[C@@H](OP(=O)(O)OCc1ccccc1)[C@@H](NC(=O)OCC1c2ccccc2-c2ccccc21)C(=O)O. The zero-order chi connectivity index (χ0) is 25.7. The van der Waals surface area contributed by atoms with Gasteiger partial charge in [-0.25, -0.2) is 14.2 Å². The van der Waals surface area contributed by atoms with Gasteiger partial charge in [-0.05, 0) is 34.7 Å². The fourth-order valence-corrected chi connectivity index (χ4v) is 5.09. The van der Waals surface area contributed by atoms with Crippen molar-refractivity contribution in [1.29, 1.82) is 0 Å². The van der Waals surface area contributed by atoms with E-state index in [-0.39, 0.29) is 19.1 Å². The maximum Gasteiger partial charge on any atom is 0.472 e. The zero-order valence-corrected chi connectivity index (χ0v) is 20.3. The van der Waals surface area contributed by atoms with Gasteiger partial charge in [0.2, 0.25) is 0 Å². The molecule has 0 radical (unpaired) electrons. The summed E-state index contributed by atoms with van der Waals surface area (Å²) in [5, 5.41) is 11.8. The number of phosphoric acid groups is 1. The molecule has 0 fully saturated rings. The zero-order valence-electron chi connectivity index (χ0n) is 19.4. The van der Waals surface area contributed by atoms with Crippen LogP contribution in [0.4, 0.5) is 4.79 Å². The van der Waals surface area contributed by atoms with E-state index in [0.717, 1.165) is 22.3 Å². The molecule has 10 heteroatoms. The minimum absolute atomic E-state index is 0.0138. The molecule has 3 aromatic carbocycles. The highest BCUT2D eigenvalue weighted by Gasteiger charge is 2.35. The first-order valence-electron chi connectivity index (χ1n) is 11.3. The second-order valence-corrected chi connectivity index (χ2v) is 9.73. The average Bonchev–Trinajstić information content (AvgIpc) is 3.18. The van der Waals surface area contributed by atoms with E-state index >= 15 is 0 Å². The summed E-state index contributed by atoms with van der Waals surface area (Å²) in [7, 11) is -4.61. The third kappa shape index (κ3) is 6.01. The number of hydrogen-bond acceptors (Lipinski definition) is 6. The summed E-state index contributed by atoms with van der Waals surface area (Å²) in [6.45, 7) is 1.02. The third-order valence-electron chi connectivity index (χ3n) is 5.89. The van der Waals surface area contributed by atoms with Crippen molar-refractivity contribution in [2.45, 2.75) is 31.6 Å². The van der Waals surface area contributed by atoms with Crippen LogP contribution in [0.5, 0.6) is 0 Å². The van der Waals surface area contributed by atoms with Crippen molar-refractivity contribution in [3.05, 3.63) is 95.6 Å². The van der Waals surface area contributed by atoms with E-state index in [2.05, 4.69) is 5.32 Å². The Hall–Kier alpha value is -3.49. The summed E-state index contributed by atoms with van der Waals surface area (Å²) in [6.07, 6.45) is -2.38. The molecule has 188 valence electrons. The molecule has 36 heavy (non-hydrogen) atoms. The molecule has 1 aliphatic rings. The summed E-state index contributed by atoms with van der Waals surface area (Å²) in [6, 6.07) is 22.6. The van der Waals surface area contributed by atoms with Crippen molar-refractivity contribution in [1.82, 2.24) is 5.32 Å². The second kappa shape index (κ2) is 11.1.